The smallest absolute Gasteiger partial charge is 0.269 e. The normalized spacial score (nSPS) is 12.6. The highest BCUT2D eigenvalue weighted by molar-refractivity contribution is 6.01. The van der Waals surface area contributed by atoms with Gasteiger partial charge in [-0.05, 0) is 34.9 Å². The number of ether oxygens (including phenoxy) is 1. The Bertz CT molecular complexity index is 1110. The van der Waals surface area contributed by atoms with Crippen molar-refractivity contribution in [1.29, 1.82) is 0 Å². The number of hydrogen-bond acceptors (Lipinski definition) is 5. The molecule has 3 aromatic rings. The molecule has 3 aromatic carbocycles. The van der Waals surface area contributed by atoms with Crippen LogP contribution >= 0.6 is 0 Å². The maximum Gasteiger partial charge on any atom is 0.269 e. The van der Waals surface area contributed by atoms with Crippen LogP contribution in [0, 0.1) is 10.1 Å². The van der Waals surface area contributed by atoms with Crippen molar-refractivity contribution >= 4 is 34.3 Å². The topological polar surface area (TPSA) is 89.8 Å². The third-order valence-electron chi connectivity index (χ3n) is 4.87. The van der Waals surface area contributed by atoms with Crippen LogP contribution in [0.25, 0.3) is 10.8 Å². The number of amides is 1. The van der Waals surface area contributed by atoms with Gasteiger partial charge in [0.05, 0.1) is 10.5 Å². The van der Waals surface area contributed by atoms with Crippen molar-refractivity contribution in [3.63, 3.8) is 0 Å². The predicted molar refractivity (Wildman–Crippen MR) is 104 cm³/mol. The molecule has 7 nitrogen and oxygen atoms in total. The number of fused-ring (bicyclic) bond motifs is 2. The summed E-state index contributed by atoms with van der Waals surface area (Å²) in [7, 11) is 0. The fourth-order valence-corrected chi connectivity index (χ4v) is 3.50. The van der Waals surface area contributed by atoms with Crippen molar-refractivity contribution in [2.45, 2.75) is 6.42 Å². The Morgan fingerprint density at radius 2 is 2.00 bits per heavy atom. The van der Waals surface area contributed by atoms with Gasteiger partial charge in [0, 0.05) is 24.4 Å². The zero-order valence-electron chi connectivity index (χ0n) is 14.8. The molecule has 1 amide bonds. The van der Waals surface area contributed by atoms with Crippen molar-refractivity contribution in [2.75, 3.05) is 18.1 Å². The molecule has 0 radical (unpaired) electrons. The van der Waals surface area contributed by atoms with Crippen LogP contribution in [0.15, 0.2) is 54.6 Å². The summed E-state index contributed by atoms with van der Waals surface area (Å²) < 4.78 is 5.66. The second kappa shape index (κ2) is 7.11. The van der Waals surface area contributed by atoms with E-state index in [-0.39, 0.29) is 18.2 Å². The molecule has 0 saturated heterocycles. The van der Waals surface area contributed by atoms with Gasteiger partial charge in [-0.2, -0.15) is 0 Å². The molecule has 7 heteroatoms. The van der Waals surface area contributed by atoms with E-state index in [0.717, 1.165) is 22.6 Å². The van der Waals surface area contributed by atoms with Crippen LogP contribution in [0.5, 0.6) is 5.75 Å². The monoisotopic (exact) mass is 376 g/mol. The van der Waals surface area contributed by atoms with Crippen molar-refractivity contribution < 1.29 is 19.2 Å². The summed E-state index contributed by atoms with van der Waals surface area (Å²) in [4.78, 5) is 36.2. The molecule has 0 saturated carbocycles. The number of rotatable bonds is 5. The van der Waals surface area contributed by atoms with Crippen LogP contribution in [-0.2, 0) is 11.2 Å². The molecule has 1 aliphatic rings. The number of anilines is 1. The molecule has 0 spiro atoms. The summed E-state index contributed by atoms with van der Waals surface area (Å²) in [6, 6.07) is 15.4. The third kappa shape index (κ3) is 3.07. The van der Waals surface area contributed by atoms with Crippen LogP contribution in [0.2, 0.25) is 0 Å². The summed E-state index contributed by atoms with van der Waals surface area (Å²) in [6.45, 7) is 0.215. The number of nitro groups is 1. The summed E-state index contributed by atoms with van der Waals surface area (Å²) in [5.74, 6) is 0.0859. The Labute approximate surface area is 160 Å². The molecule has 0 atom stereocenters. The molecule has 0 aromatic heterocycles. The van der Waals surface area contributed by atoms with Crippen LogP contribution in [-0.4, -0.2) is 30.3 Å². The van der Waals surface area contributed by atoms with Gasteiger partial charge in [-0.1, -0.05) is 30.3 Å². The van der Waals surface area contributed by atoms with Crippen LogP contribution in [0.4, 0.5) is 11.4 Å². The molecular formula is C21H16N2O5. The first-order valence-electron chi connectivity index (χ1n) is 8.76. The van der Waals surface area contributed by atoms with Gasteiger partial charge >= 0.3 is 0 Å². The van der Waals surface area contributed by atoms with E-state index in [1.165, 1.54) is 12.1 Å². The van der Waals surface area contributed by atoms with Gasteiger partial charge in [0.15, 0.2) is 12.9 Å². The van der Waals surface area contributed by atoms with Gasteiger partial charge in [-0.3, -0.25) is 19.7 Å². The maximum absolute atomic E-state index is 12.6. The minimum absolute atomic E-state index is 0.0103. The summed E-state index contributed by atoms with van der Waals surface area (Å²) in [6.07, 6.45) is 1.28. The Balaban J connectivity index is 1.53. The van der Waals surface area contributed by atoms with E-state index in [0.29, 0.717) is 30.0 Å². The number of nitrogens with zero attached hydrogens (tertiary/aromatic N) is 2. The fraction of sp³-hybridized carbons (Fsp3) is 0.143. The average molecular weight is 376 g/mol. The van der Waals surface area contributed by atoms with Crippen LogP contribution < -0.4 is 9.64 Å². The summed E-state index contributed by atoms with van der Waals surface area (Å²) >= 11 is 0. The predicted octanol–water partition coefficient (Wildman–Crippen LogP) is 3.53. The minimum atomic E-state index is -0.450. The van der Waals surface area contributed by atoms with Crippen molar-refractivity contribution in [1.82, 2.24) is 0 Å². The highest BCUT2D eigenvalue weighted by Crippen LogP contribution is 2.32. The molecule has 140 valence electrons. The Kier molecular flexibility index (Phi) is 4.49. The van der Waals surface area contributed by atoms with Crippen molar-refractivity contribution in [3.05, 3.63) is 75.8 Å². The van der Waals surface area contributed by atoms with E-state index in [4.69, 9.17) is 4.74 Å². The summed E-state index contributed by atoms with van der Waals surface area (Å²) in [5, 5.41) is 12.6. The first-order chi connectivity index (χ1) is 13.6. The van der Waals surface area contributed by atoms with Gasteiger partial charge in [0.2, 0.25) is 0 Å². The zero-order valence-corrected chi connectivity index (χ0v) is 14.8. The zero-order chi connectivity index (χ0) is 19.7. The van der Waals surface area contributed by atoms with E-state index in [1.54, 1.807) is 17.0 Å². The minimum Gasteiger partial charge on any atom is -0.483 e. The molecular weight excluding hydrogens is 360 g/mol. The molecule has 1 heterocycles. The molecule has 0 fully saturated rings. The number of carbonyl (C=O) groups is 2. The number of aldehydes is 1. The molecule has 1 aliphatic heterocycles. The summed E-state index contributed by atoms with van der Waals surface area (Å²) in [5.41, 5.74) is 1.84. The molecule has 0 bridgehead atoms. The number of non-ortho nitro benzene ring substituents is 1. The lowest BCUT2D eigenvalue weighted by Gasteiger charge is -2.18. The van der Waals surface area contributed by atoms with Crippen LogP contribution in [0.1, 0.15) is 15.9 Å². The van der Waals surface area contributed by atoms with E-state index >= 15 is 0 Å². The largest absolute Gasteiger partial charge is 0.483 e. The lowest BCUT2D eigenvalue weighted by atomic mass is 10.0. The number of hydrogen-bond donors (Lipinski definition) is 0. The van der Waals surface area contributed by atoms with Gasteiger partial charge in [-0.25, -0.2) is 0 Å². The Morgan fingerprint density at radius 3 is 2.79 bits per heavy atom. The molecule has 0 unspecified atom stereocenters. The first kappa shape index (κ1) is 17.7. The maximum atomic E-state index is 12.6. The molecule has 0 aliphatic carbocycles. The lowest BCUT2D eigenvalue weighted by molar-refractivity contribution is -0.384. The van der Waals surface area contributed by atoms with Gasteiger partial charge in [0.25, 0.3) is 11.6 Å². The van der Waals surface area contributed by atoms with E-state index in [9.17, 15) is 19.7 Å². The Morgan fingerprint density at radius 1 is 1.18 bits per heavy atom. The lowest BCUT2D eigenvalue weighted by Crippen LogP contribution is -2.33. The molecule has 0 N–H and O–H groups in total. The third-order valence-corrected chi connectivity index (χ3v) is 4.87. The average Bonchev–Trinajstić information content (AvgIpc) is 3.14. The standard InChI is InChI=1S/C21H16N2O5/c24-12-18-17-4-2-1-3-14(17)5-8-20(18)28-13-21(25)22-10-9-15-11-16(23(26)27)6-7-19(15)22/h1-8,11-12H,9-10,13H2. The molecule has 4 rings (SSSR count). The van der Waals surface area contributed by atoms with E-state index < -0.39 is 4.92 Å². The van der Waals surface area contributed by atoms with Crippen molar-refractivity contribution in [3.8, 4) is 5.75 Å². The SMILES string of the molecule is O=Cc1c(OCC(=O)N2CCc3cc([N+](=O)[O-])ccc32)ccc2ccccc12. The van der Waals surface area contributed by atoms with E-state index in [2.05, 4.69) is 0 Å². The highest BCUT2D eigenvalue weighted by atomic mass is 16.6. The van der Waals surface area contributed by atoms with Crippen LogP contribution in [0.3, 0.4) is 0 Å². The van der Waals surface area contributed by atoms with Crippen molar-refractivity contribution in [2.24, 2.45) is 0 Å². The second-order valence-electron chi connectivity index (χ2n) is 6.47. The number of benzene rings is 3. The molecule has 28 heavy (non-hydrogen) atoms. The number of carbonyl (C=O) groups excluding carboxylic acids is 2. The quantitative estimate of drug-likeness (QED) is 0.386. The second-order valence-corrected chi connectivity index (χ2v) is 6.47. The van der Waals surface area contributed by atoms with Gasteiger partial charge in [-0.15, -0.1) is 0 Å². The number of nitro benzene ring substituents is 1. The van der Waals surface area contributed by atoms with Gasteiger partial charge in [0.1, 0.15) is 5.75 Å². The van der Waals surface area contributed by atoms with E-state index in [1.807, 2.05) is 30.3 Å². The first-order valence-corrected chi connectivity index (χ1v) is 8.76. The van der Waals surface area contributed by atoms with Gasteiger partial charge < -0.3 is 9.64 Å². The highest BCUT2D eigenvalue weighted by Gasteiger charge is 2.26. The Hall–Kier alpha value is -3.74. The fourth-order valence-electron chi connectivity index (χ4n) is 3.50.